The lowest BCUT2D eigenvalue weighted by Crippen LogP contribution is -2.29. The van der Waals surface area contributed by atoms with Gasteiger partial charge in [0, 0.05) is 13.0 Å². The zero-order valence-electron chi connectivity index (χ0n) is 11.1. The number of hydrogen-bond acceptors (Lipinski definition) is 4. The van der Waals surface area contributed by atoms with Gasteiger partial charge >= 0.3 is 0 Å². The topological polar surface area (TPSA) is 61.9 Å². The van der Waals surface area contributed by atoms with Gasteiger partial charge in [-0.3, -0.25) is 0 Å². The zero-order valence-corrected chi connectivity index (χ0v) is 11.1. The first-order chi connectivity index (χ1) is 7.94. The molecule has 0 aliphatic carbocycles. The minimum absolute atomic E-state index is 0.131. The van der Waals surface area contributed by atoms with Gasteiger partial charge in [-0.2, -0.15) is 5.26 Å². The molecule has 17 heavy (non-hydrogen) atoms. The third-order valence-electron chi connectivity index (χ3n) is 2.87. The Bertz CT molecular complexity index is 382. The summed E-state index contributed by atoms with van der Waals surface area (Å²) in [6, 6.07) is 2.18. The second kappa shape index (κ2) is 5.83. The highest BCUT2D eigenvalue weighted by molar-refractivity contribution is 5.05. The zero-order chi connectivity index (χ0) is 12.9. The first-order valence-corrected chi connectivity index (χ1v) is 5.95. The van der Waals surface area contributed by atoms with E-state index in [-0.39, 0.29) is 5.41 Å². The average Bonchev–Trinajstić information content (AvgIpc) is 2.55. The lowest BCUT2D eigenvalue weighted by atomic mass is 9.88. The molecule has 0 bridgehead atoms. The molecule has 4 heteroatoms. The highest BCUT2D eigenvalue weighted by Crippen LogP contribution is 2.20. The van der Waals surface area contributed by atoms with E-state index in [1.165, 1.54) is 0 Å². The summed E-state index contributed by atoms with van der Waals surface area (Å²) in [4.78, 5) is 4.31. The van der Waals surface area contributed by atoms with Gasteiger partial charge in [0.25, 0.3) is 0 Å². The van der Waals surface area contributed by atoms with E-state index in [1.807, 2.05) is 13.8 Å². The van der Waals surface area contributed by atoms with Crippen LogP contribution in [0.2, 0.25) is 0 Å². The molecule has 94 valence electrons. The molecule has 4 nitrogen and oxygen atoms in total. The lowest BCUT2D eigenvalue weighted by molar-refractivity contribution is 0.309. The highest BCUT2D eigenvalue weighted by atomic mass is 16.4. The van der Waals surface area contributed by atoms with Gasteiger partial charge in [-0.25, -0.2) is 4.98 Å². The van der Waals surface area contributed by atoms with Gasteiger partial charge in [-0.1, -0.05) is 13.8 Å². The predicted molar refractivity (Wildman–Crippen MR) is 66.3 cm³/mol. The average molecular weight is 235 g/mol. The van der Waals surface area contributed by atoms with Crippen molar-refractivity contribution < 1.29 is 4.42 Å². The number of nitrogens with one attached hydrogen (secondary N) is 1. The van der Waals surface area contributed by atoms with Crippen LogP contribution in [-0.4, -0.2) is 11.5 Å². The normalized spacial score (nSPS) is 11.5. The number of aromatic nitrogens is 1. The molecule has 1 aromatic heterocycles. The van der Waals surface area contributed by atoms with Gasteiger partial charge < -0.3 is 9.73 Å². The molecule has 0 atom stereocenters. The standard InChI is InChI=1S/C13H21N3O/c1-10-11(2)17-12(16-10)8-15-9-13(3,4)6-5-7-14/h15H,5-6,8-9H2,1-4H3. The molecule has 0 spiro atoms. The molecule has 0 aromatic carbocycles. The summed E-state index contributed by atoms with van der Waals surface area (Å²) in [5.74, 6) is 1.61. The van der Waals surface area contributed by atoms with E-state index in [4.69, 9.17) is 9.68 Å². The van der Waals surface area contributed by atoms with Gasteiger partial charge in [-0.05, 0) is 25.7 Å². The van der Waals surface area contributed by atoms with E-state index in [1.54, 1.807) is 0 Å². The van der Waals surface area contributed by atoms with Crippen LogP contribution in [0.1, 0.15) is 44.0 Å². The van der Waals surface area contributed by atoms with Crippen molar-refractivity contribution in [3.63, 3.8) is 0 Å². The Balaban J connectivity index is 2.35. The third kappa shape index (κ3) is 4.58. The summed E-state index contributed by atoms with van der Waals surface area (Å²) < 4.78 is 5.48. The second-order valence-corrected chi connectivity index (χ2v) is 5.18. The molecular formula is C13H21N3O. The van der Waals surface area contributed by atoms with Gasteiger partial charge in [-0.15, -0.1) is 0 Å². The summed E-state index contributed by atoms with van der Waals surface area (Å²) in [6.45, 7) is 9.68. The van der Waals surface area contributed by atoms with Gasteiger partial charge in [0.1, 0.15) is 5.76 Å². The van der Waals surface area contributed by atoms with Crippen LogP contribution >= 0.6 is 0 Å². The Labute approximate surface area is 103 Å². The molecule has 0 saturated heterocycles. The molecule has 0 unspecified atom stereocenters. The quantitative estimate of drug-likeness (QED) is 0.823. The maximum atomic E-state index is 8.57. The van der Waals surface area contributed by atoms with E-state index in [2.05, 4.69) is 30.2 Å². The molecule has 0 amide bonds. The molecular weight excluding hydrogens is 214 g/mol. The summed E-state index contributed by atoms with van der Waals surface area (Å²) in [6.07, 6.45) is 1.51. The molecule has 0 fully saturated rings. The molecule has 0 aliphatic heterocycles. The molecule has 0 saturated carbocycles. The Hall–Kier alpha value is -1.34. The molecule has 0 aliphatic rings. The summed E-state index contributed by atoms with van der Waals surface area (Å²) in [5.41, 5.74) is 1.08. The third-order valence-corrected chi connectivity index (χ3v) is 2.87. The maximum Gasteiger partial charge on any atom is 0.208 e. The number of rotatable bonds is 6. The minimum atomic E-state index is 0.131. The fourth-order valence-corrected chi connectivity index (χ4v) is 1.61. The van der Waals surface area contributed by atoms with Crippen LogP contribution in [0.3, 0.4) is 0 Å². The van der Waals surface area contributed by atoms with Crippen molar-refractivity contribution in [1.29, 1.82) is 5.26 Å². The van der Waals surface area contributed by atoms with Crippen molar-refractivity contribution in [2.45, 2.75) is 47.1 Å². The molecule has 1 aromatic rings. The maximum absolute atomic E-state index is 8.57. The SMILES string of the molecule is Cc1nc(CNCC(C)(C)CCC#N)oc1C. The first-order valence-electron chi connectivity index (χ1n) is 5.95. The van der Waals surface area contributed by atoms with Gasteiger partial charge in [0.15, 0.2) is 0 Å². The monoisotopic (exact) mass is 235 g/mol. The predicted octanol–water partition coefficient (Wildman–Crippen LogP) is 2.71. The van der Waals surface area contributed by atoms with E-state index in [0.717, 1.165) is 30.3 Å². The Kier molecular flexibility index (Phi) is 4.71. The summed E-state index contributed by atoms with van der Waals surface area (Å²) in [5, 5.41) is 11.9. The van der Waals surface area contributed by atoms with Crippen molar-refractivity contribution in [2.75, 3.05) is 6.54 Å². The van der Waals surface area contributed by atoms with E-state index < -0.39 is 0 Å². The van der Waals surface area contributed by atoms with Crippen molar-refractivity contribution in [3.05, 3.63) is 17.3 Å². The van der Waals surface area contributed by atoms with Crippen LogP contribution in [0.25, 0.3) is 0 Å². The molecule has 1 heterocycles. The smallest absolute Gasteiger partial charge is 0.208 e. The van der Waals surface area contributed by atoms with Crippen LogP contribution in [0.4, 0.5) is 0 Å². The van der Waals surface area contributed by atoms with Crippen LogP contribution in [0.15, 0.2) is 4.42 Å². The van der Waals surface area contributed by atoms with Crippen molar-refractivity contribution in [3.8, 4) is 6.07 Å². The van der Waals surface area contributed by atoms with E-state index in [0.29, 0.717) is 13.0 Å². The highest BCUT2D eigenvalue weighted by Gasteiger charge is 2.17. The Morgan fingerprint density at radius 2 is 2.12 bits per heavy atom. The Morgan fingerprint density at radius 1 is 1.41 bits per heavy atom. The summed E-state index contributed by atoms with van der Waals surface area (Å²) in [7, 11) is 0. The van der Waals surface area contributed by atoms with Crippen LogP contribution < -0.4 is 5.32 Å². The second-order valence-electron chi connectivity index (χ2n) is 5.18. The summed E-state index contributed by atoms with van der Waals surface area (Å²) >= 11 is 0. The number of nitriles is 1. The molecule has 1 rings (SSSR count). The number of aryl methyl sites for hydroxylation is 2. The molecule has 0 radical (unpaired) electrons. The first kappa shape index (κ1) is 13.7. The van der Waals surface area contributed by atoms with Gasteiger partial charge in [0.2, 0.25) is 5.89 Å². The van der Waals surface area contributed by atoms with Crippen LogP contribution in [-0.2, 0) is 6.54 Å². The molecule has 1 N–H and O–H groups in total. The number of hydrogen-bond donors (Lipinski definition) is 1. The fourth-order valence-electron chi connectivity index (χ4n) is 1.61. The van der Waals surface area contributed by atoms with Crippen molar-refractivity contribution in [2.24, 2.45) is 5.41 Å². The lowest BCUT2D eigenvalue weighted by Gasteiger charge is -2.23. The van der Waals surface area contributed by atoms with E-state index >= 15 is 0 Å². The van der Waals surface area contributed by atoms with Crippen molar-refractivity contribution in [1.82, 2.24) is 10.3 Å². The minimum Gasteiger partial charge on any atom is -0.444 e. The van der Waals surface area contributed by atoms with Crippen LogP contribution in [0.5, 0.6) is 0 Å². The van der Waals surface area contributed by atoms with E-state index in [9.17, 15) is 0 Å². The van der Waals surface area contributed by atoms with Gasteiger partial charge in [0.05, 0.1) is 18.3 Å². The fraction of sp³-hybridized carbons (Fsp3) is 0.692. The van der Waals surface area contributed by atoms with Crippen molar-refractivity contribution >= 4 is 0 Å². The van der Waals surface area contributed by atoms with Crippen LogP contribution in [0, 0.1) is 30.6 Å². The largest absolute Gasteiger partial charge is 0.444 e. The number of nitrogens with zero attached hydrogens (tertiary/aromatic N) is 2. The number of oxazole rings is 1. The Morgan fingerprint density at radius 3 is 2.65 bits per heavy atom.